The highest BCUT2D eigenvalue weighted by atomic mass is 31.2. The van der Waals surface area contributed by atoms with E-state index in [1.807, 2.05) is 0 Å². The summed E-state index contributed by atoms with van der Waals surface area (Å²) >= 11 is 0. The maximum atomic E-state index is 12.6. The second-order valence-electron chi connectivity index (χ2n) is 21.3. The highest BCUT2D eigenvalue weighted by molar-refractivity contribution is 7.47. The van der Waals surface area contributed by atoms with Gasteiger partial charge in [0.25, 0.3) is 0 Å². The lowest BCUT2D eigenvalue weighted by atomic mass is 10.0. The summed E-state index contributed by atoms with van der Waals surface area (Å²) in [7, 11) is -4.37. The van der Waals surface area contributed by atoms with Gasteiger partial charge in [-0.2, -0.15) is 0 Å². The SMILES string of the molecule is CCCCCCCCCC/C=C\CCCCCCCCCCCCCCCCCCCCCCCCCCCCCCCC(=O)OC(COC(=O)CCCCCCCCCCC)COP(=O)(O)OCCN. The van der Waals surface area contributed by atoms with Crippen LogP contribution in [0, 0.1) is 0 Å². The first-order valence-electron chi connectivity index (χ1n) is 31.2. The number of allylic oxidation sites excluding steroid dienone is 2. The summed E-state index contributed by atoms with van der Waals surface area (Å²) in [4.78, 5) is 34.9. The Balaban J connectivity index is 3.62. The van der Waals surface area contributed by atoms with E-state index in [9.17, 15) is 19.0 Å². The topological polar surface area (TPSA) is 134 Å². The largest absolute Gasteiger partial charge is 0.472 e. The lowest BCUT2D eigenvalue weighted by Gasteiger charge is -2.19. The van der Waals surface area contributed by atoms with Crippen LogP contribution in [-0.2, 0) is 32.7 Å². The molecule has 0 rings (SSSR count). The summed E-state index contributed by atoms with van der Waals surface area (Å²) in [6.07, 6.45) is 67.7. The zero-order valence-electron chi connectivity index (χ0n) is 47.2. The summed E-state index contributed by atoms with van der Waals surface area (Å²) in [5.41, 5.74) is 5.36. The van der Waals surface area contributed by atoms with Crippen LogP contribution in [0.1, 0.15) is 335 Å². The molecular weight excluding hydrogens is 906 g/mol. The van der Waals surface area contributed by atoms with Crippen molar-refractivity contribution in [2.45, 2.75) is 341 Å². The molecule has 3 N–H and O–H groups in total. The molecule has 0 fully saturated rings. The standard InChI is InChI=1S/C61H120NO8P/c1-3-5-7-9-11-13-14-15-16-17-18-19-20-21-22-23-24-25-26-27-28-29-30-31-32-33-34-35-36-37-38-39-40-41-42-43-44-46-48-50-52-54-61(64)70-59(58-69-71(65,66)68-56-55-62)57-67-60(63)53-51-49-47-45-12-10-8-6-4-2/h17-18,59H,3-16,19-58,62H2,1-2H3,(H,65,66)/b18-17-. The summed E-state index contributed by atoms with van der Waals surface area (Å²) in [6, 6.07) is 0. The van der Waals surface area contributed by atoms with E-state index in [1.54, 1.807) is 0 Å². The van der Waals surface area contributed by atoms with Gasteiger partial charge in [-0.15, -0.1) is 0 Å². The normalized spacial score (nSPS) is 13.0. The van der Waals surface area contributed by atoms with Crippen LogP contribution >= 0.6 is 7.82 Å². The number of hydrogen-bond acceptors (Lipinski definition) is 8. The lowest BCUT2D eigenvalue weighted by Crippen LogP contribution is -2.29. The Morgan fingerprint density at radius 2 is 0.690 bits per heavy atom. The first-order valence-corrected chi connectivity index (χ1v) is 32.7. The van der Waals surface area contributed by atoms with Crippen molar-refractivity contribution in [2.75, 3.05) is 26.4 Å². The molecular formula is C61H120NO8P. The first kappa shape index (κ1) is 69.8. The first-order chi connectivity index (χ1) is 34.8. The van der Waals surface area contributed by atoms with Crippen LogP contribution in [0.15, 0.2) is 12.2 Å². The number of rotatable bonds is 60. The van der Waals surface area contributed by atoms with Gasteiger partial charge in [0, 0.05) is 19.4 Å². The Hall–Kier alpha value is -1.25. The van der Waals surface area contributed by atoms with Gasteiger partial charge in [-0.05, 0) is 38.5 Å². The number of unbranched alkanes of at least 4 members (excludes halogenated alkanes) is 45. The zero-order chi connectivity index (χ0) is 51.7. The molecule has 0 aliphatic carbocycles. The molecule has 0 spiro atoms. The second kappa shape index (κ2) is 58.0. The van der Waals surface area contributed by atoms with Gasteiger partial charge in [0.2, 0.25) is 0 Å². The van der Waals surface area contributed by atoms with E-state index < -0.39 is 26.5 Å². The molecule has 0 aromatic rings. The van der Waals surface area contributed by atoms with Crippen molar-refractivity contribution in [1.29, 1.82) is 0 Å². The molecule has 0 amide bonds. The van der Waals surface area contributed by atoms with Crippen molar-refractivity contribution < 1.29 is 37.6 Å². The predicted octanol–water partition coefficient (Wildman–Crippen LogP) is 19.6. The fraction of sp³-hybridized carbons (Fsp3) is 0.934. The number of carbonyl (C=O) groups is 2. The molecule has 0 bridgehead atoms. The molecule has 422 valence electrons. The van der Waals surface area contributed by atoms with Gasteiger partial charge < -0.3 is 20.1 Å². The number of carbonyl (C=O) groups excluding carboxylic acids is 2. The number of hydrogen-bond donors (Lipinski definition) is 2. The maximum Gasteiger partial charge on any atom is 0.472 e. The molecule has 0 aromatic carbocycles. The molecule has 0 heterocycles. The van der Waals surface area contributed by atoms with Gasteiger partial charge >= 0.3 is 19.8 Å². The van der Waals surface area contributed by atoms with Gasteiger partial charge in [-0.3, -0.25) is 18.6 Å². The Kier molecular flexibility index (Phi) is 57.0. The van der Waals surface area contributed by atoms with Gasteiger partial charge in [-0.25, -0.2) is 4.57 Å². The zero-order valence-corrected chi connectivity index (χ0v) is 48.1. The molecule has 2 atom stereocenters. The van der Waals surface area contributed by atoms with Crippen LogP contribution in [0.5, 0.6) is 0 Å². The Morgan fingerprint density at radius 1 is 0.408 bits per heavy atom. The van der Waals surface area contributed by atoms with E-state index >= 15 is 0 Å². The second-order valence-corrected chi connectivity index (χ2v) is 22.7. The molecule has 0 saturated heterocycles. The summed E-state index contributed by atoms with van der Waals surface area (Å²) in [5, 5.41) is 0. The highest BCUT2D eigenvalue weighted by Crippen LogP contribution is 2.43. The van der Waals surface area contributed by atoms with Gasteiger partial charge in [-0.1, -0.05) is 296 Å². The highest BCUT2D eigenvalue weighted by Gasteiger charge is 2.26. The van der Waals surface area contributed by atoms with Crippen molar-refractivity contribution >= 4 is 19.8 Å². The van der Waals surface area contributed by atoms with E-state index in [0.29, 0.717) is 6.42 Å². The quantitative estimate of drug-likeness (QED) is 0.0264. The molecule has 0 aliphatic heterocycles. The molecule has 0 aliphatic rings. The fourth-order valence-electron chi connectivity index (χ4n) is 9.52. The minimum atomic E-state index is -4.37. The van der Waals surface area contributed by atoms with Crippen LogP contribution in [-0.4, -0.2) is 49.3 Å². The van der Waals surface area contributed by atoms with Crippen LogP contribution in [0.3, 0.4) is 0 Å². The number of nitrogens with two attached hydrogens (primary N) is 1. The van der Waals surface area contributed by atoms with E-state index in [-0.39, 0.29) is 38.6 Å². The smallest absolute Gasteiger partial charge is 0.462 e. The summed E-state index contributed by atoms with van der Waals surface area (Å²) < 4.78 is 32.9. The Morgan fingerprint density at radius 3 is 1.00 bits per heavy atom. The lowest BCUT2D eigenvalue weighted by molar-refractivity contribution is -0.161. The average Bonchev–Trinajstić information content (AvgIpc) is 3.36. The van der Waals surface area contributed by atoms with Crippen molar-refractivity contribution in [2.24, 2.45) is 5.73 Å². The molecule has 9 nitrogen and oxygen atoms in total. The molecule has 0 radical (unpaired) electrons. The van der Waals surface area contributed by atoms with Crippen molar-refractivity contribution in [3.8, 4) is 0 Å². The van der Waals surface area contributed by atoms with Crippen molar-refractivity contribution in [3.63, 3.8) is 0 Å². The molecule has 0 saturated carbocycles. The number of esters is 2. The average molecular weight is 1030 g/mol. The number of phosphoric acid groups is 1. The third-order valence-electron chi connectivity index (χ3n) is 14.2. The summed E-state index contributed by atoms with van der Waals surface area (Å²) in [5.74, 6) is -0.813. The molecule has 71 heavy (non-hydrogen) atoms. The Labute approximate surface area is 440 Å². The van der Waals surface area contributed by atoms with Crippen LogP contribution in [0.25, 0.3) is 0 Å². The van der Waals surface area contributed by atoms with E-state index in [1.165, 1.54) is 270 Å². The number of phosphoric ester groups is 1. The third kappa shape index (κ3) is 57.9. The monoisotopic (exact) mass is 1030 g/mol. The van der Waals surface area contributed by atoms with Crippen molar-refractivity contribution in [1.82, 2.24) is 0 Å². The minimum Gasteiger partial charge on any atom is -0.462 e. The number of ether oxygens (including phenoxy) is 2. The van der Waals surface area contributed by atoms with E-state index in [4.69, 9.17) is 24.3 Å². The van der Waals surface area contributed by atoms with Crippen LogP contribution in [0.4, 0.5) is 0 Å². The van der Waals surface area contributed by atoms with E-state index in [2.05, 4.69) is 26.0 Å². The van der Waals surface area contributed by atoms with Crippen LogP contribution < -0.4 is 5.73 Å². The van der Waals surface area contributed by atoms with Gasteiger partial charge in [0.1, 0.15) is 6.61 Å². The minimum absolute atomic E-state index is 0.0576. The maximum absolute atomic E-state index is 12.6. The van der Waals surface area contributed by atoms with Gasteiger partial charge in [0.15, 0.2) is 6.10 Å². The van der Waals surface area contributed by atoms with Crippen LogP contribution in [0.2, 0.25) is 0 Å². The summed E-state index contributed by atoms with van der Waals surface area (Å²) in [6.45, 7) is 3.76. The van der Waals surface area contributed by atoms with E-state index in [0.717, 1.165) is 32.1 Å². The fourth-order valence-corrected chi connectivity index (χ4v) is 10.3. The Bertz CT molecular complexity index is 1170. The third-order valence-corrected chi connectivity index (χ3v) is 15.1. The predicted molar refractivity (Wildman–Crippen MR) is 303 cm³/mol. The molecule has 2 unspecified atom stereocenters. The van der Waals surface area contributed by atoms with Crippen molar-refractivity contribution in [3.05, 3.63) is 12.2 Å². The molecule has 10 heteroatoms. The van der Waals surface area contributed by atoms with Gasteiger partial charge in [0.05, 0.1) is 13.2 Å². The molecule has 0 aromatic heterocycles.